The van der Waals surface area contributed by atoms with Gasteiger partial charge >= 0.3 is 5.97 Å². The number of aromatic amines is 1. The van der Waals surface area contributed by atoms with E-state index in [4.69, 9.17) is 4.74 Å². The molecule has 3 nitrogen and oxygen atoms in total. The lowest BCUT2D eigenvalue weighted by Gasteiger charge is -2.04. The Labute approximate surface area is 107 Å². The number of esters is 1. The molecule has 1 heterocycles. The second kappa shape index (κ2) is 6.05. The molecule has 94 valence electrons. The molecule has 18 heavy (non-hydrogen) atoms. The van der Waals surface area contributed by atoms with E-state index in [0.717, 1.165) is 16.8 Å². The first-order valence-corrected chi connectivity index (χ1v) is 6.18. The van der Waals surface area contributed by atoms with Crippen molar-refractivity contribution in [3.63, 3.8) is 0 Å². The van der Waals surface area contributed by atoms with Crippen molar-refractivity contribution >= 4 is 5.97 Å². The summed E-state index contributed by atoms with van der Waals surface area (Å²) < 4.78 is 4.93. The van der Waals surface area contributed by atoms with E-state index in [1.807, 2.05) is 37.4 Å². The molecule has 0 radical (unpaired) electrons. The molecule has 1 aromatic carbocycles. The van der Waals surface area contributed by atoms with Gasteiger partial charge in [-0.3, -0.25) is 4.79 Å². The Hall–Kier alpha value is -2.03. The number of aromatic nitrogens is 1. The molecular weight excluding hydrogens is 226 g/mol. The van der Waals surface area contributed by atoms with Crippen molar-refractivity contribution in [2.24, 2.45) is 0 Å². The summed E-state index contributed by atoms with van der Waals surface area (Å²) in [5.41, 5.74) is 3.40. The number of aryl methyl sites for hydroxylation is 1. The topological polar surface area (TPSA) is 42.1 Å². The van der Waals surface area contributed by atoms with E-state index >= 15 is 0 Å². The highest BCUT2D eigenvalue weighted by Crippen LogP contribution is 2.23. The van der Waals surface area contributed by atoms with Gasteiger partial charge in [0.15, 0.2) is 0 Å². The van der Waals surface area contributed by atoms with E-state index in [2.05, 4.69) is 17.1 Å². The molecule has 0 aliphatic carbocycles. The molecule has 2 rings (SSSR count). The summed E-state index contributed by atoms with van der Waals surface area (Å²) in [6.07, 6.45) is 2.99. The minimum absolute atomic E-state index is 0.147. The van der Waals surface area contributed by atoms with Crippen LogP contribution in [0.2, 0.25) is 0 Å². The summed E-state index contributed by atoms with van der Waals surface area (Å²) in [6, 6.07) is 12.2. The molecule has 0 atom stereocenters. The second-order valence-electron chi connectivity index (χ2n) is 4.04. The third-order valence-corrected chi connectivity index (χ3v) is 2.80. The molecule has 0 fully saturated rings. The fourth-order valence-corrected chi connectivity index (χ4v) is 1.96. The molecule has 0 saturated heterocycles. The average molecular weight is 243 g/mol. The predicted octanol–water partition coefficient (Wildman–Crippen LogP) is 3.18. The predicted molar refractivity (Wildman–Crippen MR) is 71.2 cm³/mol. The van der Waals surface area contributed by atoms with Crippen molar-refractivity contribution < 1.29 is 9.53 Å². The maximum absolute atomic E-state index is 11.3. The number of hydrogen-bond donors (Lipinski definition) is 1. The molecule has 0 aliphatic rings. The van der Waals surface area contributed by atoms with Crippen molar-refractivity contribution in [2.45, 2.75) is 19.8 Å². The van der Waals surface area contributed by atoms with E-state index < -0.39 is 0 Å². The number of H-pyrrole nitrogens is 1. The van der Waals surface area contributed by atoms with E-state index in [1.165, 1.54) is 0 Å². The van der Waals surface area contributed by atoms with Gasteiger partial charge in [0.05, 0.1) is 13.0 Å². The van der Waals surface area contributed by atoms with Crippen LogP contribution >= 0.6 is 0 Å². The maximum atomic E-state index is 11.3. The van der Waals surface area contributed by atoms with Crippen LogP contribution in [0.15, 0.2) is 42.6 Å². The van der Waals surface area contributed by atoms with Gasteiger partial charge in [0.25, 0.3) is 0 Å². The fourth-order valence-electron chi connectivity index (χ4n) is 1.96. The lowest BCUT2D eigenvalue weighted by molar-refractivity contribution is -0.143. The summed E-state index contributed by atoms with van der Waals surface area (Å²) in [5.74, 6) is -0.147. The molecule has 1 aromatic heterocycles. The van der Waals surface area contributed by atoms with E-state index in [0.29, 0.717) is 19.4 Å². The van der Waals surface area contributed by atoms with Gasteiger partial charge in [-0.2, -0.15) is 0 Å². The van der Waals surface area contributed by atoms with E-state index in [-0.39, 0.29) is 5.97 Å². The number of nitrogens with one attached hydrogen (secondary N) is 1. The summed E-state index contributed by atoms with van der Waals surface area (Å²) in [6.45, 7) is 2.26. The van der Waals surface area contributed by atoms with Gasteiger partial charge in [0.1, 0.15) is 0 Å². The number of benzene rings is 1. The Morgan fingerprint density at radius 2 is 2.00 bits per heavy atom. The zero-order chi connectivity index (χ0) is 12.8. The molecule has 0 bridgehead atoms. The molecule has 0 unspecified atom stereocenters. The summed E-state index contributed by atoms with van der Waals surface area (Å²) in [4.78, 5) is 14.5. The smallest absolute Gasteiger partial charge is 0.306 e. The molecule has 0 spiro atoms. The number of carbonyl (C=O) groups excluding carboxylic acids is 1. The highest BCUT2D eigenvalue weighted by Gasteiger charge is 2.08. The van der Waals surface area contributed by atoms with E-state index in [9.17, 15) is 4.79 Å². The van der Waals surface area contributed by atoms with Crippen molar-refractivity contribution in [1.82, 2.24) is 4.98 Å². The quantitative estimate of drug-likeness (QED) is 0.819. The second-order valence-corrected chi connectivity index (χ2v) is 4.04. The van der Waals surface area contributed by atoms with Gasteiger partial charge in [-0.1, -0.05) is 30.3 Å². The van der Waals surface area contributed by atoms with Crippen LogP contribution in [0.4, 0.5) is 0 Å². The monoisotopic (exact) mass is 243 g/mol. The van der Waals surface area contributed by atoms with Crippen LogP contribution in [0.5, 0.6) is 0 Å². The molecule has 0 aliphatic heterocycles. The molecular formula is C15H17NO2. The Kier molecular flexibility index (Phi) is 4.18. The van der Waals surface area contributed by atoms with Crippen LogP contribution < -0.4 is 0 Å². The fraction of sp³-hybridized carbons (Fsp3) is 0.267. The average Bonchev–Trinajstić information content (AvgIpc) is 2.86. The van der Waals surface area contributed by atoms with Crippen molar-refractivity contribution in [3.05, 3.63) is 48.3 Å². The zero-order valence-electron chi connectivity index (χ0n) is 10.5. The van der Waals surface area contributed by atoms with Crippen LogP contribution in [0.1, 0.15) is 19.0 Å². The van der Waals surface area contributed by atoms with Crippen molar-refractivity contribution in [1.29, 1.82) is 0 Å². The summed E-state index contributed by atoms with van der Waals surface area (Å²) in [7, 11) is 0. The van der Waals surface area contributed by atoms with Crippen LogP contribution in [-0.4, -0.2) is 17.6 Å². The Balaban J connectivity index is 2.07. The number of rotatable bonds is 5. The minimum atomic E-state index is -0.147. The van der Waals surface area contributed by atoms with Crippen LogP contribution in [0, 0.1) is 0 Å². The lowest BCUT2D eigenvalue weighted by Crippen LogP contribution is -2.05. The highest BCUT2D eigenvalue weighted by atomic mass is 16.5. The number of carbonyl (C=O) groups is 1. The SMILES string of the molecule is CCOC(=O)CCc1[nH]ccc1-c1ccccc1. The largest absolute Gasteiger partial charge is 0.466 e. The van der Waals surface area contributed by atoms with Crippen molar-refractivity contribution in [2.75, 3.05) is 6.61 Å². The van der Waals surface area contributed by atoms with Gasteiger partial charge in [-0.15, -0.1) is 0 Å². The molecule has 3 heteroatoms. The Morgan fingerprint density at radius 1 is 1.22 bits per heavy atom. The van der Waals surface area contributed by atoms with E-state index in [1.54, 1.807) is 0 Å². The summed E-state index contributed by atoms with van der Waals surface area (Å²) in [5, 5.41) is 0. The Bertz CT molecular complexity index is 502. The van der Waals surface area contributed by atoms with Gasteiger partial charge in [-0.05, 0) is 25.0 Å². The minimum Gasteiger partial charge on any atom is -0.466 e. The number of ether oxygens (including phenoxy) is 1. The third-order valence-electron chi connectivity index (χ3n) is 2.80. The van der Waals surface area contributed by atoms with Crippen LogP contribution in [0.25, 0.3) is 11.1 Å². The Morgan fingerprint density at radius 3 is 2.72 bits per heavy atom. The molecule has 2 aromatic rings. The molecule has 0 saturated carbocycles. The highest BCUT2D eigenvalue weighted by molar-refractivity contribution is 5.71. The van der Waals surface area contributed by atoms with Gasteiger partial charge < -0.3 is 9.72 Å². The lowest BCUT2D eigenvalue weighted by atomic mass is 10.0. The zero-order valence-corrected chi connectivity index (χ0v) is 10.5. The third kappa shape index (κ3) is 3.00. The first-order valence-electron chi connectivity index (χ1n) is 6.18. The molecule has 0 amide bonds. The van der Waals surface area contributed by atoms with Crippen molar-refractivity contribution in [3.8, 4) is 11.1 Å². The normalized spacial score (nSPS) is 10.3. The van der Waals surface area contributed by atoms with Gasteiger partial charge in [-0.25, -0.2) is 0 Å². The maximum Gasteiger partial charge on any atom is 0.306 e. The first kappa shape index (κ1) is 12.4. The molecule has 1 N–H and O–H groups in total. The number of hydrogen-bond acceptors (Lipinski definition) is 2. The van der Waals surface area contributed by atoms with Gasteiger partial charge in [0.2, 0.25) is 0 Å². The van der Waals surface area contributed by atoms with Crippen LogP contribution in [-0.2, 0) is 16.0 Å². The summed E-state index contributed by atoms with van der Waals surface area (Å²) >= 11 is 0. The standard InChI is InChI=1S/C15H17NO2/c1-2-18-15(17)9-8-14-13(10-11-16-14)12-6-4-3-5-7-12/h3-7,10-11,16H,2,8-9H2,1H3. The first-order chi connectivity index (χ1) is 8.81. The van der Waals surface area contributed by atoms with Gasteiger partial charge in [0, 0.05) is 17.5 Å². The van der Waals surface area contributed by atoms with Crippen LogP contribution in [0.3, 0.4) is 0 Å².